The predicted octanol–water partition coefficient (Wildman–Crippen LogP) is 4.16. The van der Waals surface area contributed by atoms with Gasteiger partial charge in [0.05, 0.1) is 12.2 Å². The first-order valence-electron chi connectivity index (χ1n) is 8.13. The van der Waals surface area contributed by atoms with Gasteiger partial charge >= 0.3 is 0 Å². The monoisotopic (exact) mass is 349 g/mol. The molecule has 3 heterocycles. The molecule has 2 aromatic heterocycles. The lowest BCUT2D eigenvalue weighted by Gasteiger charge is -2.22. The Morgan fingerprint density at radius 1 is 1.39 bits per heavy atom. The molecule has 0 aromatic carbocycles. The summed E-state index contributed by atoms with van der Waals surface area (Å²) in [5.74, 6) is 0.0431. The SMILES string of the molecule is CCc1nc(NC(=O)CN2CCCC2c2ccc(C)s2)sc1C. The molecule has 0 radical (unpaired) electrons. The maximum atomic E-state index is 12.4. The number of thiophene rings is 1. The van der Waals surface area contributed by atoms with E-state index in [0.29, 0.717) is 12.6 Å². The van der Waals surface area contributed by atoms with Crippen molar-refractivity contribution >= 4 is 33.7 Å². The van der Waals surface area contributed by atoms with Crippen LogP contribution >= 0.6 is 22.7 Å². The zero-order chi connectivity index (χ0) is 16.4. The van der Waals surface area contributed by atoms with Crippen molar-refractivity contribution in [1.29, 1.82) is 0 Å². The van der Waals surface area contributed by atoms with Gasteiger partial charge in [0.1, 0.15) is 0 Å². The Morgan fingerprint density at radius 3 is 2.87 bits per heavy atom. The molecule has 1 amide bonds. The molecule has 23 heavy (non-hydrogen) atoms. The van der Waals surface area contributed by atoms with Gasteiger partial charge in [-0.25, -0.2) is 4.98 Å². The summed E-state index contributed by atoms with van der Waals surface area (Å²) in [5.41, 5.74) is 1.08. The summed E-state index contributed by atoms with van der Waals surface area (Å²) in [6.07, 6.45) is 3.21. The minimum Gasteiger partial charge on any atom is -0.301 e. The number of amides is 1. The molecule has 0 spiro atoms. The van der Waals surface area contributed by atoms with Gasteiger partial charge in [-0.1, -0.05) is 6.92 Å². The molecular formula is C17H23N3OS2. The van der Waals surface area contributed by atoms with Crippen LogP contribution in [0.25, 0.3) is 0 Å². The summed E-state index contributed by atoms with van der Waals surface area (Å²) >= 11 is 3.41. The van der Waals surface area contributed by atoms with Gasteiger partial charge in [0.15, 0.2) is 5.13 Å². The highest BCUT2D eigenvalue weighted by Gasteiger charge is 2.28. The summed E-state index contributed by atoms with van der Waals surface area (Å²) in [5, 5.41) is 3.70. The van der Waals surface area contributed by atoms with E-state index in [2.05, 4.69) is 48.1 Å². The Balaban J connectivity index is 1.62. The third-order valence-corrected chi connectivity index (χ3v) is 6.30. The van der Waals surface area contributed by atoms with Crippen molar-refractivity contribution in [3.63, 3.8) is 0 Å². The number of likely N-dealkylation sites (tertiary alicyclic amines) is 1. The van der Waals surface area contributed by atoms with Crippen LogP contribution in [-0.4, -0.2) is 28.9 Å². The van der Waals surface area contributed by atoms with Gasteiger partial charge in [0, 0.05) is 20.7 Å². The number of hydrogen-bond donors (Lipinski definition) is 1. The van der Waals surface area contributed by atoms with Crippen molar-refractivity contribution in [1.82, 2.24) is 9.88 Å². The standard InChI is InChI=1S/C17H23N3OS2/c1-4-13-12(3)23-17(18-13)19-16(21)10-20-9-5-6-14(20)15-8-7-11(2)22-15/h7-8,14H,4-6,9-10H2,1-3H3,(H,18,19,21). The topological polar surface area (TPSA) is 45.2 Å². The first kappa shape index (κ1) is 16.6. The maximum absolute atomic E-state index is 12.4. The average Bonchev–Trinajstić information content (AvgIpc) is 3.19. The molecule has 4 nitrogen and oxygen atoms in total. The van der Waals surface area contributed by atoms with Crippen LogP contribution < -0.4 is 5.32 Å². The smallest absolute Gasteiger partial charge is 0.240 e. The van der Waals surface area contributed by atoms with Crippen LogP contribution in [-0.2, 0) is 11.2 Å². The Morgan fingerprint density at radius 2 is 2.22 bits per heavy atom. The van der Waals surface area contributed by atoms with E-state index >= 15 is 0 Å². The van der Waals surface area contributed by atoms with E-state index in [-0.39, 0.29) is 5.91 Å². The largest absolute Gasteiger partial charge is 0.301 e. The van der Waals surface area contributed by atoms with Crippen LogP contribution in [0.15, 0.2) is 12.1 Å². The van der Waals surface area contributed by atoms with Crippen molar-refractivity contribution in [2.24, 2.45) is 0 Å². The number of carbonyl (C=O) groups is 1. The highest BCUT2D eigenvalue weighted by molar-refractivity contribution is 7.15. The van der Waals surface area contributed by atoms with Crippen LogP contribution in [0.4, 0.5) is 5.13 Å². The van der Waals surface area contributed by atoms with E-state index < -0.39 is 0 Å². The fraction of sp³-hybridized carbons (Fsp3) is 0.529. The van der Waals surface area contributed by atoms with E-state index in [1.807, 2.05) is 11.3 Å². The van der Waals surface area contributed by atoms with Gasteiger partial charge < -0.3 is 5.32 Å². The Kier molecular flexibility index (Phi) is 5.14. The molecule has 0 saturated carbocycles. The number of aryl methyl sites for hydroxylation is 3. The van der Waals surface area contributed by atoms with Crippen molar-refractivity contribution in [2.45, 2.75) is 46.1 Å². The summed E-state index contributed by atoms with van der Waals surface area (Å²) < 4.78 is 0. The van der Waals surface area contributed by atoms with E-state index in [1.54, 1.807) is 11.3 Å². The number of aromatic nitrogens is 1. The molecule has 0 bridgehead atoms. The van der Waals surface area contributed by atoms with Crippen LogP contribution in [0.5, 0.6) is 0 Å². The molecule has 1 aliphatic rings. The molecule has 1 aliphatic heterocycles. The van der Waals surface area contributed by atoms with Gasteiger partial charge in [-0.15, -0.1) is 22.7 Å². The molecule has 1 saturated heterocycles. The molecular weight excluding hydrogens is 326 g/mol. The fourth-order valence-corrected chi connectivity index (χ4v) is 5.09. The van der Waals surface area contributed by atoms with Crippen molar-refractivity contribution in [2.75, 3.05) is 18.4 Å². The summed E-state index contributed by atoms with van der Waals surface area (Å²) in [6.45, 7) is 7.72. The van der Waals surface area contributed by atoms with Crippen molar-refractivity contribution < 1.29 is 4.79 Å². The Labute approximate surface area is 145 Å². The summed E-state index contributed by atoms with van der Waals surface area (Å²) in [4.78, 5) is 23.1. The molecule has 3 rings (SSSR count). The highest BCUT2D eigenvalue weighted by Crippen LogP contribution is 2.35. The number of thiazole rings is 1. The lowest BCUT2D eigenvalue weighted by atomic mass is 10.2. The summed E-state index contributed by atoms with van der Waals surface area (Å²) in [7, 11) is 0. The van der Waals surface area contributed by atoms with E-state index in [0.717, 1.165) is 36.6 Å². The van der Waals surface area contributed by atoms with Crippen LogP contribution in [0.3, 0.4) is 0 Å². The van der Waals surface area contributed by atoms with E-state index in [9.17, 15) is 4.79 Å². The number of rotatable bonds is 5. The quantitative estimate of drug-likeness (QED) is 0.881. The van der Waals surface area contributed by atoms with Crippen LogP contribution in [0, 0.1) is 13.8 Å². The maximum Gasteiger partial charge on any atom is 0.240 e. The molecule has 1 N–H and O–H groups in total. The molecule has 1 unspecified atom stereocenters. The van der Waals surface area contributed by atoms with Crippen LogP contribution in [0.2, 0.25) is 0 Å². The fourth-order valence-electron chi connectivity index (χ4n) is 3.12. The van der Waals surface area contributed by atoms with Gasteiger partial charge in [-0.05, 0) is 51.8 Å². The lowest BCUT2D eigenvalue weighted by Crippen LogP contribution is -2.32. The van der Waals surface area contributed by atoms with E-state index in [4.69, 9.17) is 0 Å². The third-order valence-electron chi connectivity index (χ3n) is 4.27. The molecule has 124 valence electrons. The van der Waals surface area contributed by atoms with Crippen LogP contribution in [0.1, 0.15) is 46.1 Å². The van der Waals surface area contributed by atoms with E-state index in [1.165, 1.54) is 14.6 Å². The zero-order valence-electron chi connectivity index (χ0n) is 13.9. The number of carbonyl (C=O) groups excluding carboxylic acids is 1. The molecule has 0 aliphatic carbocycles. The number of nitrogens with one attached hydrogen (secondary N) is 1. The number of anilines is 1. The zero-order valence-corrected chi connectivity index (χ0v) is 15.5. The molecule has 6 heteroatoms. The third kappa shape index (κ3) is 3.82. The van der Waals surface area contributed by atoms with Crippen molar-refractivity contribution in [3.05, 3.63) is 32.5 Å². The first-order chi connectivity index (χ1) is 11.1. The lowest BCUT2D eigenvalue weighted by molar-refractivity contribution is -0.117. The Bertz CT molecular complexity index is 692. The molecule has 2 aromatic rings. The first-order valence-corrected chi connectivity index (χ1v) is 9.76. The van der Waals surface area contributed by atoms with Crippen molar-refractivity contribution in [3.8, 4) is 0 Å². The normalized spacial score (nSPS) is 18.5. The summed E-state index contributed by atoms with van der Waals surface area (Å²) in [6, 6.07) is 4.77. The van der Waals surface area contributed by atoms with Gasteiger partial charge in [0.2, 0.25) is 5.91 Å². The Hall–Kier alpha value is -1.24. The van der Waals surface area contributed by atoms with Gasteiger partial charge in [0.25, 0.3) is 0 Å². The molecule has 1 atom stereocenters. The minimum atomic E-state index is 0.0431. The predicted molar refractivity (Wildman–Crippen MR) is 97.5 cm³/mol. The minimum absolute atomic E-state index is 0.0431. The second-order valence-electron chi connectivity index (χ2n) is 6.00. The second kappa shape index (κ2) is 7.11. The highest BCUT2D eigenvalue weighted by atomic mass is 32.1. The second-order valence-corrected chi connectivity index (χ2v) is 8.52. The number of nitrogens with zero attached hydrogens (tertiary/aromatic N) is 2. The molecule has 1 fully saturated rings. The van der Waals surface area contributed by atoms with Gasteiger partial charge in [-0.3, -0.25) is 9.69 Å². The van der Waals surface area contributed by atoms with Gasteiger partial charge in [-0.2, -0.15) is 0 Å². The average molecular weight is 350 g/mol. The number of hydrogen-bond acceptors (Lipinski definition) is 5.